The molecule has 2 amide bonds. The van der Waals surface area contributed by atoms with Gasteiger partial charge in [-0.2, -0.15) is 22.7 Å². The summed E-state index contributed by atoms with van der Waals surface area (Å²) < 4.78 is 67.2. The summed E-state index contributed by atoms with van der Waals surface area (Å²) in [7, 11) is 0. The predicted octanol–water partition coefficient (Wildman–Crippen LogP) is 3.14. The number of anilines is 3. The standard InChI is InChI=1S/C29H36F4N8O5/c1-5-21-23(37-8-10-39(11-9-37)27(44)46-28(2,3)4)24(43)41-26(35-25(36-41)38-12-14-45-15-13-38)40(21)17-22(42)34-20-7-6-18(16-19(20)30)29(31,32)33/h6-7,16H,5,8-15,17H2,1-4H3,(H,34,42). The van der Waals surface area contributed by atoms with Gasteiger partial charge in [0.25, 0.3) is 5.56 Å². The molecular formula is C29H36F4N8O5. The largest absolute Gasteiger partial charge is 0.444 e. The summed E-state index contributed by atoms with van der Waals surface area (Å²) in [4.78, 5) is 49.8. The lowest BCUT2D eigenvalue weighted by atomic mass is 10.2. The van der Waals surface area contributed by atoms with Crippen LogP contribution in [0.5, 0.6) is 0 Å². The number of piperazine rings is 1. The van der Waals surface area contributed by atoms with Gasteiger partial charge in [-0.15, -0.1) is 5.10 Å². The molecule has 0 spiro atoms. The number of nitrogens with zero attached hydrogens (tertiary/aromatic N) is 7. The summed E-state index contributed by atoms with van der Waals surface area (Å²) in [5, 5.41) is 6.82. The van der Waals surface area contributed by atoms with Crippen LogP contribution in [-0.4, -0.2) is 94.1 Å². The highest BCUT2D eigenvalue weighted by molar-refractivity contribution is 5.91. The van der Waals surface area contributed by atoms with Crippen LogP contribution in [0.4, 0.5) is 39.7 Å². The number of benzene rings is 1. The fourth-order valence-electron chi connectivity index (χ4n) is 5.38. The Kier molecular flexibility index (Phi) is 9.15. The first-order valence-corrected chi connectivity index (χ1v) is 14.9. The molecule has 1 aromatic carbocycles. The van der Waals surface area contributed by atoms with Gasteiger partial charge in [-0.05, 0) is 45.4 Å². The maximum atomic E-state index is 14.6. The zero-order chi connectivity index (χ0) is 33.4. The van der Waals surface area contributed by atoms with Crippen LogP contribution in [0.3, 0.4) is 0 Å². The number of carbonyl (C=O) groups is 2. The van der Waals surface area contributed by atoms with E-state index in [2.05, 4.69) is 15.4 Å². The average molecular weight is 653 g/mol. The van der Waals surface area contributed by atoms with Gasteiger partial charge in [0, 0.05) is 39.3 Å². The Balaban J connectivity index is 1.50. The summed E-state index contributed by atoms with van der Waals surface area (Å²) in [6.45, 7) is 9.67. The quantitative estimate of drug-likeness (QED) is 0.400. The van der Waals surface area contributed by atoms with Crippen molar-refractivity contribution < 1.29 is 36.6 Å². The molecule has 0 radical (unpaired) electrons. The topological polar surface area (TPSA) is 127 Å². The monoisotopic (exact) mass is 652 g/mol. The molecule has 46 heavy (non-hydrogen) atoms. The zero-order valence-corrected chi connectivity index (χ0v) is 26.0. The maximum absolute atomic E-state index is 14.6. The van der Waals surface area contributed by atoms with Crippen LogP contribution in [0.1, 0.15) is 39.0 Å². The number of amides is 2. The number of hydrogen-bond acceptors (Lipinski definition) is 9. The van der Waals surface area contributed by atoms with E-state index in [1.165, 1.54) is 4.57 Å². The highest BCUT2D eigenvalue weighted by atomic mass is 19.4. The molecule has 1 N–H and O–H groups in total. The molecule has 4 heterocycles. The SMILES string of the molecule is CCc1c(N2CCN(C(=O)OC(C)(C)C)CC2)c(=O)n2nc(N3CCOCC3)nc2n1CC(=O)Nc1ccc(C(F)(F)F)cc1F. The molecule has 0 aliphatic carbocycles. The van der Waals surface area contributed by atoms with E-state index in [4.69, 9.17) is 9.47 Å². The number of alkyl halides is 3. The van der Waals surface area contributed by atoms with Crippen molar-refractivity contribution >= 4 is 35.1 Å². The number of nitrogens with one attached hydrogen (secondary N) is 1. The number of fused-ring (bicyclic) bond motifs is 1. The predicted molar refractivity (Wildman–Crippen MR) is 160 cm³/mol. The summed E-state index contributed by atoms with van der Waals surface area (Å²) in [6, 6.07) is 1.84. The molecule has 0 bridgehead atoms. The van der Waals surface area contributed by atoms with Crippen LogP contribution in [0.15, 0.2) is 23.0 Å². The molecule has 2 aromatic heterocycles. The second-order valence-corrected chi connectivity index (χ2v) is 12.0. The molecule has 2 aliphatic heterocycles. The van der Waals surface area contributed by atoms with E-state index in [0.717, 1.165) is 10.6 Å². The Morgan fingerprint density at radius 2 is 1.70 bits per heavy atom. The Hall–Kier alpha value is -4.41. The third kappa shape index (κ3) is 7.03. The van der Waals surface area contributed by atoms with Gasteiger partial charge in [-0.25, -0.2) is 9.18 Å². The lowest BCUT2D eigenvalue weighted by molar-refractivity contribution is -0.137. The van der Waals surface area contributed by atoms with Crippen molar-refractivity contribution in [2.24, 2.45) is 0 Å². The van der Waals surface area contributed by atoms with Crippen LogP contribution in [-0.2, 0) is 33.4 Å². The van der Waals surface area contributed by atoms with Gasteiger partial charge in [-0.1, -0.05) is 6.92 Å². The fourth-order valence-corrected chi connectivity index (χ4v) is 5.38. The Morgan fingerprint density at radius 3 is 2.28 bits per heavy atom. The number of aromatic nitrogens is 4. The van der Waals surface area contributed by atoms with E-state index in [9.17, 15) is 31.9 Å². The van der Waals surface area contributed by atoms with Crippen molar-refractivity contribution in [1.29, 1.82) is 0 Å². The molecule has 5 rings (SSSR count). The number of hydrogen-bond donors (Lipinski definition) is 1. The minimum Gasteiger partial charge on any atom is -0.444 e. The Labute approximate surface area is 261 Å². The lowest BCUT2D eigenvalue weighted by Crippen LogP contribution is -2.51. The molecule has 2 fully saturated rings. The molecule has 2 saturated heterocycles. The Morgan fingerprint density at radius 1 is 1.02 bits per heavy atom. The first-order chi connectivity index (χ1) is 21.7. The second kappa shape index (κ2) is 12.8. The number of carbonyl (C=O) groups excluding carboxylic acids is 2. The van der Waals surface area contributed by atoms with Gasteiger partial charge in [0.15, 0.2) is 0 Å². The molecule has 250 valence electrons. The van der Waals surface area contributed by atoms with Gasteiger partial charge < -0.3 is 34.1 Å². The summed E-state index contributed by atoms with van der Waals surface area (Å²) in [5.41, 5.74) is -2.03. The molecule has 13 nitrogen and oxygen atoms in total. The van der Waals surface area contributed by atoms with Crippen LogP contribution >= 0.6 is 0 Å². The molecule has 2 aliphatic rings. The van der Waals surface area contributed by atoms with Crippen LogP contribution in [0, 0.1) is 5.82 Å². The van der Waals surface area contributed by atoms with Crippen molar-refractivity contribution in [2.45, 2.75) is 52.4 Å². The van der Waals surface area contributed by atoms with Gasteiger partial charge in [-0.3, -0.25) is 9.59 Å². The third-order valence-corrected chi connectivity index (χ3v) is 7.56. The Bertz CT molecular complexity index is 1670. The summed E-state index contributed by atoms with van der Waals surface area (Å²) in [5.74, 6) is -1.67. The van der Waals surface area contributed by atoms with Gasteiger partial charge in [0.05, 0.1) is 30.2 Å². The van der Waals surface area contributed by atoms with Crippen LogP contribution < -0.4 is 20.7 Å². The first-order valence-electron chi connectivity index (χ1n) is 14.9. The molecule has 0 saturated carbocycles. The van der Waals surface area contributed by atoms with E-state index < -0.39 is 52.9 Å². The minimum absolute atomic E-state index is 0.0718. The van der Waals surface area contributed by atoms with E-state index in [1.54, 1.807) is 32.6 Å². The van der Waals surface area contributed by atoms with Crippen LogP contribution in [0.2, 0.25) is 0 Å². The molecular weight excluding hydrogens is 616 g/mol. The van der Waals surface area contributed by atoms with Crippen molar-refractivity contribution in [1.82, 2.24) is 24.1 Å². The minimum atomic E-state index is -4.75. The third-order valence-electron chi connectivity index (χ3n) is 7.56. The molecule has 3 aromatic rings. The van der Waals surface area contributed by atoms with Crippen molar-refractivity contribution in [2.75, 3.05) is 67.6 Å². The van der Waals surface area contributed by atoms with Crippen molar-refractivity contribution in [3.63, 3.8) is 0 Å². The molecule has 0 atom stereocenters. The smallest absolute Gasteiger partial charge is 0.416 e. The van der Waals surface area contributed by atoms with Crippen molar-refractivity contribution in [3.8, 4) is 0 Å². The number of halogens is 4. The van der Waals surface area contributed by atoms with Gasteiger partial charge >= 0.3 is 12.3 Å². The fraction of sp³-hybridized carbons (Fsp3) is 0.552. The number of morpholine rings is 1. The zero-order valence-electron chi connectivity index (χ0n) is 26.0. The molecule has 0 unspecified atom stereocenters. The molecule has 17 heteroatoms. The maximum Gasteiger partial charge on any atom is 0.416 e. The normalized spacial score (nSPS) is 16.2. The van der Waals surface area contributed by atoms with E-state index in [0.29, 0.717) is 57.2 Å². The average Bonchev–Trinajstić information content (AvgIpc) is 3.45. The number of ether oxygens (including phenoxy) is 2. The van der Waals surface area contributed by atoms with E-state index >= 15 is 0 Å². The number of rotatable bonds is 6. The van der Waals surface area contributed by atoms with Gasteiger partial charge in [0.2, 0.25) is 17.6 Å². The lowest BCUT2D eigenvalue weighted by Gasteiger charge is -2.37. The van der Waals surface area contributed by atoms with Gasteiger partial charge in [0.1, 0.15) is 23.7 Å². The van der Waals surface area contributed by atoms with Crippen molar-refractivity contribution in [3.05, 3.63) is 45.6 Å². The first kappa shape index (κ1) is 33.0. The van der Waals surface area contributed by atoms with E-state index in [1.807, 2.05) is 9.80 Å². The van der Waals surface area contributed by atoms with Crippen LogP contribution in [0.25, 0.3) is 5.78 Å². The highest BCUT2D eigenvalue weighted by Gasteiger charge is 2.33. The second-order valence-electron chi connectivity index (χ2n) is 12.0. The summed E-state index contributed by atoms with van der Waals surface area (Å²) >= 11 is 0. The van der Waals surface area contributed by atoms with E-state index in [-0.39, 0.29) is 36.9 Å². The highest BCUT2D eigenvalue weighted by Crippen LogP contribution is 2.31. The summed E-state index contributed by atoms with van der Waals surface area (Å²) in [6.07, 6.45) is -4.93.